The molecule has 4 nitrogen and oxygen atoms in total. The summed E-state index contributed by atoms with van der Waals surface area (Å²) in [6.07, 6.45) is 14.8. The predicted octanol–water partition coefficient (Wildman–Crippen LogP) is 4.61. The van der Waals surface area contributed by atoms with Gasteiger partial charge in [-0.1, -0.05) is 30.4 Å². The summed E-state index contributed by atoms with van der Waals surface area (Å²) in [4.78, 5) is 0. The highest BCUT2D eigenvalue weighted by Gasteiger charge is 2.09. The normalized spacial score (nSPS) is 13.8. The molecule has 3 rings (SSSR count). The van der Waals surface area contributed by atoms with Crippen LogP contribution in [0, 0.1) is 0 Å². The summed E-state index contributed by atoms with van der Waals surface area (Å²) in [6.45, 7) is 3.99. The molecule has 1 heterocycles. The van der Waals surface area contributed by atoms with Gasteiger partial charge in [0.05, 0.1) is 11.4 Å². The number of thioether (sulfide) groups is 1. The maximum atomic E-state index is 5.99. The first-order valence-corrected chi connectivity index (χ1v) is 11.3. The van der Waals surface area contributed by atoms with Gasteiger partial charge in [-0.15, -0.1) is 11.8 Å². The molecule has 0 aliphatic heterocycles. The SMILES string of the molecule is CCNC1=C(OCSCC[n+]2ccc(/C=C/c3ccc(N)cc3)cc2)CCC=C1. The molecule has 1 aliphatic carbocycles. The van der Waals surface area contributed by atoms with Crippen molar-refractivity contribution in [2.75, 3.05) is 24.0 Å². The molecule has 0 amide bonds. The lowest BCUT2D eigenvalue weighted by atomic mass is 10.1. The molecule has 3 N–H and O–H groups in total. The number of aromatic nitrogens is 1. The summed E-state index contributed by atoms with van der Waals surface area (Å²) in [6, 6.07) is 12.2. The van der Waals surface area contributed by atoms with Crippen LogP contribution < -0.4 is 15.6 Å². The van der Waals surface area contributed by atoms with Gasteiger partial charge in [-0.25, -0.2) is 4.57 Å². The van der Waals surface area contributed by atoms with Crippen LogP contribution >= 0.6 is 11.8 Å². The van der Waals surface area contributed by atoms with Crippen LogP contribution in [0.3, 0.4) is 0 Å². The Morgan fingerprint density at radius 1 is 1.10 bits per heavy atom. The van der Waals surface area contributed by atoms with Crippen molar-refractivity contribution in [1.82, 2.24) is 5.32 Å². The summed E-state index contributed by atoms with van der Waals surface area (Å²) in [5, 5.41) is 3.37. The van der Waals surface area contributed by atoms with Crippen LogP contribution in [0.2, 0.25) is 0 Å². The van der Waals surface area contributed by atoms with Crippen molar-refractivity contribution in [3.63, 3.8) is 0 Å². The van der Waals surface area contributed by atoms with Gasteiger partial charge in [0.2, 0.25) is 0 Å². The highest BCUT2D eigenvalue weighted by molar-refractivity contribution is 7.99. The van der Waals surface area contributed by atoms with Gasteiger partial charge in [-0.2, -0.15) is 0 Å². The minimum atomic E-state index is 0.695. The van der Waals surface area contributed by atoms with Gasteiger partial charge in [-0.05, 0) is 42.7 Å². The molecule has 0 atom stereocenters. The zero-order valence-electron chi connectivity index (χ0n) is 17.0. The van der Waals surface area contributed by atoms with E-state index in [9.17, 15) is 0 Å². The van der Waals surface area contributed by atoms with Crippen LogP contribution in [0.5, 0.6) is 0 Å². The van der Waals surface area contributed by atoms with Crippen LogP contribution in [-0.2, 0) is 11.3 Å². The van der Waals surface area contributed by atoms with Crippen molar-refractivity contribution in [2.45, 2.75) is 26.3 Å². The molecule has 0 saturated heterocycles. The van der Waals surface area contributed by atoms with Crippen LogP contribution in [0.25, 0.3) is 12.2 Å². The van der Waals surface area contributed by atoms with Crippen molar-refractivity contribution in [3.8, 4) is 0 Å². The third-order valence-corrected chi connectivity index (χ3v) is 5.38. The maximum Gasteiger partial charge on any atom is 0.169 e. The fourth-order valence-electron chi connectivity index (χ4n) is 3.01. The number of hydrogen-bond acceptors (Lipinski definition) is 4. The highest BCUT2D eigenvalue weighted by atomic mass is 32.2. The first kappa shape index (κ1) is 21.1. The average molecular weight is 409 g/mol. The summed E-state index contributed by atoms with van der Waals surface area (Å²) in [5.74, 6) is 2.80. The van der Waals surface area contributed by atoms with Gasteiger partial charge in [0.15, 0.2) is 18.9 Å². The first-order chi connectivity index (χ1) is 14.2. The topological polar surface area (TPSA) is 51.2 Å². The Morgan fingerprint density at radius 2 is 1.83 bits per heavy atom. The number of nitrogens with two attached hydrogens (primary N) is 1. The van der Waals surface area contributed by atoms with Crippen molar-refractivity contribution in [2.24, 2.45) is 0 Å². The number of allylic oxidation sites excluding steroid dienone is 3. The van der Waals surface area contributed by atoms with E-state index < -0.39 is 0 Å². The molecule has 0 saturated carbocycles. The van der Waals surface area contributed by atoms with E-state index in [0.717, 1.165) is 54.4 Å². The number of benzene rings is 1. The summed E-state index contributed by atoms with van der Waals surface area (Å²) >= 11 is 1.82. The standard InChI is InChI=1S/C24H29N3OS/c1-2-26-23-5-3-4-6-24(23)28-19-29-18-17-27-15-13-21(14-16-27)8-7-20-9-11-22(25)12-10-20/h3,5,7-16,25-26H,2,4,6,17-19H2,1H3/p+1. The fraction of sp³-hybridized carbons (Fsp3) is 0.292. The molecule has 0 radical (unpaired) electrons. The van der Waals surface area contributed by atoms with E-state index in [1.165, 1.54) is 5.56 Å². The Bertz CT molecular complexity index is 855. The molecule has 0 bridgehead atoms. The second-order valence-corrected chi connectivity index (χ2v) is 7.90. The zero-order valence-corrected chi connectivity index (χ0v) is 17.8. The Kier molecular flexibility index (Phi) is 8.25. The Balaban J connectivity index is 1.40. The number of nitrogen functional groups attached to an aromatic ring is 1. The van der Waals surface area contributed by atoms with Crippen LogP contribution in [-0.4, -0.2) is 18.2 Å². The second-order valence-electron chi connectivity index (χ2n) is 6.85. The number of nitrogens with zero attached hydrogens (tertiary/aromatic N) is 1. The Labute approximate surface area is 178 Å². The maximum absolute atomic E-state index is 5.99. The number of hydrogen-bond donors (Lipinski definition) is 2. The van der Waals surface area contributed by atoms with Crippen LogP contribution in [0.15, 0.2) is 72.4 Å². The van der Waals surface area contributed by atoms with Crippen molar-refractivity contribution < 1.29 is 9.30 Å². The van der Waals surface area contributed by atoms with Gasteiger partial charge in [0, 0.05) is 30.8 Å². The van der Waals surface area contributed by atoms with E-state index in [0.29, 0.717) is 5.94 Å². The Morgan fingerprint density at radius 3 is 2.55 bits per heavy atom. The summed E-state index contributed by atoms with van der Waals surface area (Å²) < 4.78 is 8.20. The lowest BCUT2D eigenvalue weighted by Gasteiger charge is -2.17. The molecule has 5 heteroatoms. The van der Waals surface area contributed by atoms with Gasteiger partial charge >= 0.3 is 0 Å². The van der Waals surface area contributed by atoms with Crippen LogP contribution in [0.1, 0.15) is 30.9 Å². The summed E-state index contributed by atoms with van der Waals surface area (Å²) in [5.41, 5.74) is 9.97. The molecule has 29 heavy (non-hydrogen) atoms. The number of aryl methyl sites for hydroxylation is 1. The zero-order chi connectivity index (χ0) is 20.3. The van der Waals surface area contributed by atoms with E-state index in [-0.39, 0.29) is 0 Å². The molecule has 2 aromatic rings. The lowest BCUT2D eigenvalue weighted by Crippen LogP contribution is -2.33. The minimum Gasteiger partial charge on any atom is -0.485 e. The molecule has 0 unspecified atom stereocenters. The molecular formula is C24H30N3OS+. The van der Waals surface area contributed by atoms with Crippen LogP contribution in [0.4, 0.5) is 5.69 Å². The number of rotatable bonds is 10. The molecule has 0 spiro atoms. The van der Waals surface area contributed by atoms with Gasteiger partial charge < -0.3 is 15.8 Å². The van der Waals surface area contributed by atoms with E-state index in [1.807, 2.05) is 36.0 Å². The molecule has 1 aliphatic rings. The highest BCUT2D eigenvalue weighted by Crippen LogP contribution is 2.19. The molecule has 1 aromatic carbocycles. The number of pyridine rings is 1. The van der Waals surface area contributed by atoms with Crippen molar-refractivity contribution in [3.05, 3.63) is 83.5 Å². The Hall–Kier alpha value is -2.66. The number of ether oxygens (including phenoxy) is 1. The molecule has 1 aromatic heterocycles. The lowest BCUT2D eigenvalue weighted by molar-refractivity contribution is -0.692. The van der Waals surface area contributed by atoms with Gasteiger partial charge in [-0.3, -0.25) is 0 Å². The van der Waals surface area contributed by atoms with E-state index in [1.54, 1.807) is 0 Å². The first-order valence-electron chi connectivity index (χ1n) is 10.1. The smallest absolute Gasteiger partial charge is 0.169 e. The van der Waals surface area contributed by atoms with E-state index in [2.05, 4.69) is 65.6 Å². The predicted molar refractivity (Wildman–Crippen MR) is 124 cm³/mol. The van der Waals surface area contributed by atoms with Gasteiger partial charge in [0.25, 0.3) is 0 Å². The molecule has 0 fully saturated rings. The fourth-order valence-corrected chi connectivity index (χ4v) is 3.69. The third-order valence-electron chi connectivity index (χ3n) is 4.62. The number of likely N-dealkylation sites (N-methyl/N-ethyl adjacent to an activating group) is 1. The summed E-state index contributed by atoms with van der Waals surface area (Å²) in [7, 11) is 0. The third kappa shape index (κ3) is 7.02. The van der Waals surface area contributed by atoms with E-state index >= 15 is 0 Å². The second kappa shape index (κ2) is 11.4. The van der Waals surface area contributed by atoms with Crippen molar-refractivity contribution >= 4 is 29.6 Å². The quantitative estimate of drug-likeness (QED) is 0.261. The van der Waals surface area contributed by atoms with E-state index in [4.69, 9.17) is 10.5 Å². The average Bonchev–Trinajstić information content (AvgIpc) is 2.75. The molecular weight excluding hydrogens is 378 g/mol. The number of anilines is 1. The largest absolute Gasteiger partial charge is 0.485 e. The minimum absolute atomic E-state index is 0.695. The monoisotopic (exact) mass is 408 g/mol. The van der Waals surface area contributed by atoms with Gasteiger partial charge in [0.1, 0.15) is 11.7 Å². The number of nitrogens with one attached hydrogen (secondary N) is 1. The molecule has 152 valence electrons. The van der Waals surface area contributed by atoms with Crippen molar-refractivity contribution in [1.29, 1.82) is 0 Å².